The highest BCUT2D eigenvalue weighted by Crippen LogP contribution is 2.46. The van der Waals surface area contributed by atoms with E-state index >= 15 is 0 Å². The molecule has 0 aromatic carbocycles. The third-order valence-corrected chi connectivity index (χ3v) is 4.76. The maximum Gasteiger partial charge on any atom is 0.411 e. The molecule has 2 heterocycles. The number of aliphatic hydroxyl groups is 1. The van der Waals surface area contributed by atoms with Gasteiger partial charge in [0.2, 0.25) is 0 Å². The molecule has 0 radical (unpaired) electrons. The molecule has 2 aliphatic heterocycles. The summed E-state index contributed by atoms with van der Waals surface area (Å²) in [7, 11) is 0. The predicted molar refractivity (Wildman–Crippen MR) is 84.3 cm³/mol. The fourth-order valence-corrected chi connectivity index (χ4v) is 3.74. The molecule has 2 saturated heterocycles. The Morgan fingerprint density at radius 3 is 2.38 bits per heavy atom. The molecule has 2 N–H and O–H groups in total. The van der Waals surface area contributed by atoms with Gasteiger partial charge in [-0.25, -0.2) is 9.59 Å². The average Bonchev–Trinajstić information content (AvgIpc) is 2.88. The summed E-state index contributed by atoms with van der Waals surface area (Å²) in [5, 5.41) is 19.0. The summed E-state index contributed by atoms with van der Waals surface area (Å²) in [6.07, 6.45) is -0.656. The number of carboxylic acid groups (broad SMARTS) is 1. The van der Waals surface area contributed by atoms with Crippen LogP contribution in [0, 0.1) is 0 Å². The molecule has 0 aliphatic carbocycles. The highest BCUT2D eigenvalue weighted by molar-refractivity contribution is 6.00. The maximum atomic E-state index is 12.8. The van der Waals surface area contributed by atoms with Crippen LogP contribution in [-0.2, 0) is 14.3 Å². The standard InChI is InChI=1S/C16H26N2O6/c1-9(19)11(12(20)21)18-10(2)16(13(18)22)7-6-8-17(16)14(23)24-15(3,4)5/h9-11,19H,6-8H2,1-5H3,(H,20,21)/t9-,10?,11+,16?/m1/s1. The number of aliphatic hydroxyl groups excluding tert-OH is 1. The summed E-state index contributed by atoms with van der Waals surface area (Å²) in [5.74, 6) is -1.70. The lowest BCUT2D eigenvalue weighted by atomic mass is 9.75. The van der Waals surface area contributed by atoms with Crippen molar-refractivity contribution in [2.75, 3.05) is 6.54 Å². The smallest absolute Gasteiger partial charge is 0.411 e. The van der Waals surface area contributed by atoms with Crippen molar-refractivity contribution in [3.8, 4) is 0 Å². The van der Waals surface area contributed by atoms with Gasteiger partial charge in [-0.3, -0.25) is 9.69 Å². The fraction of sp³-hybridized carbons (Fsp3) is 0.812. The van der Waals surface area contributed by atoms with Crippen LogP contribution in [0.1, 0.15) is 47.5 Å². The molecule has 0 aromatic rings. The Morgan fingerprint density at radius 2 is 1.96 bits per heavy atom. The molecular formula is C16H26N2O6. The topological polar surface area (TPSA) is 107 Å². The van der Waals surface area contributed by atoms with Gasteiger partial charge in [0.05, 0.1) is 12.1 Å². The van der Waals surface area contributed by atoms with Crippen molar-refractivity contribution >= 4 is 18.0 Å². The predicted octanol–water partition coefficient (Wildman–Crippen LogP) is 0.821. The SMILES string of the molecule is CC1N([C@H](C(=O)O)[C@@H](C)O)C(=O)C12CCCN2C(=O)OC(C)(C)C. The third-order valence-electron chi connectivity index (χ3n) is 4.76. The van der Waals surface area contributed by atoms with Gasteiger partial charge < -0.3 is 19.8 Å². The molecule has 136 valence electrons. The summed E-state index contributed by atoms with van der Waals surface area (Å²) in [6, 6.07) is -1.82. The van der Waals surface area contributed by atoms with Crippen molar-refractivity contribution in [2.24, 2.45) is 0 Å². The number of carboxylic acids is 1. The number of hydrogen-bond acceptors (Lipinski definition) is 5. The zero-order valence-corrected chi connectivity index (χ0v) is 14.8. The molecule has 0 aromatic heterocycles. The van der Waals surface area contributed by atoms with Gasteiger partial charge in [0, 0.05) is 6.54 Å². The lowest BCUT2D eigenvalue weighted by Gasteiger charge is -2.58. The Kier molecular flexibility index (Phi) is 4.56. The number of rotatable bonds is 3. The molecule has 2 aliphatic rings. The van der Waals surface area contributed by atoms with Crippen molar-refractivity contribution in [3.05, 3.63) is 0 Å². The van der Waals surface area contributed by atoms with Gasteiger partial charge in [-0.15, -0.1) is 0 Å². The number of β-lactam (4-membered cyclic amide) rings is 1. The van der Waals surface area contributed by atoms with Crippen LogP contribution in [0.5, 0.6) is 0 Å². The number of carbonyl (C=O) groups excluding carboxylic acids is 2. The summed E-state index contributed by atoms with van der Waals surface area (Å²) in [5.41, 5.74) is -1.75. The monoisotopic (exact) mass is 342 g/mol. The van der Waals surface area contributed by atoms with Crippen LogP contribution >= 0.6 is 0 Å². The second-order valence-electron chi connectivity index (χ2n) is 7.57. The minimum absolute atomic E-state index is 0.394. The zero-order chi connectivity index (χ0) is 18.4. The lowest BCUT2D eigenvalue weighted by Crippen LogP contribution is -2.81. The van der Waals surface area contributed by atoms with Crippen LogP contribution in [0.3, 0.4) is 0 Å². The molecule has 8 nitrogen and oxygen atoms in total. The minimum atomic E-state index is -1.32. The molecule has 8 heteroatoms. The normalized spacial score (nSPS) is 29.4. The van der Waals surface area contributed by atoms with Crippen molar-refractivity contribution in [2.45, 2.75) is 76.8 Å². The van der Waals surface area contributed by atoms with E-state index in [-0.39, 0.29) is 0 Å². The quantitative estimate of drug-likeness (QED) is 0.735. The molecule has 1 spiro atoms. The first-order valence-electron chi connectivity index (χ1n) is 8.17. The Hall–Kier alpha value is -1.83. The Balaban J connectivity index is 2.26. The average molecular weight is 342 g/mol. The van der Waals surface area contributed by atoms with Crippen molar-refractivity contribution in [1.82, 2.24) is 9.80 Å². The number of likely N-dealkylation sites (tertiary alicyclic amines) is 2. The summed E-state index contributed by atoms with van der Waals surface area (Å²) in [4.78, 5) is 39.3. The van der Waals surface area contributed by atoms with Crippen LogP contribution in [0.2, 0.25) is 0 Å². The molecule has 2 rings (SSSR count). The van der Waals surface area contributed by atoms with Gasteiger partial charge in [-0.1, -0.05) is 0 Å². The molecule has 2 unspecified atom stereocenters. The molecular weight excluding hydrogens is 316 g/mol. The second-order valence-corrected chi connectivity index (χ2v) is 7.57. The van der Waals surface area contributed by atoms with E-state index in [0.717, 1.165) is 4.90 Å². The first-order chi connectivity index (χ1) is 10.9. The Morgan fingerprint density at radius 1 is 1.38 bits per heavy atom. The number of ether oxygens (including phenoxy) is 1. The third kappa shape index (κ3) is 2.72. The number of amides is 2. The van der Waals surface area contributed by atoms with E-state index in [1.54, 1.807) is 27.7 Å². The lowest BCUT2D eigenvalue weighted by molar-refractivity contribution is -0.187. The molecule has 2 fully saturated rings. The van der Waals surface area contributed by atoms with Crippen LogP contribution in [0.4, 0.5) is 4.79 Å². The van der Waals surface area contributed by atoms with E-state index < -0.39 is 47.3 Å². The number of nitrogens with zero attached hydrogens (tertiary/aromatic N) is 2. The van der Waals surface area contributed by atoms with Crippen molar-refractivity contribution < 1.29 is 29.3 Å². The van der Waals surface area contributed by atoms with Crippen LogP contribution in [0.25, 0.3) is 0 Å². The Bertz CT molecular complexity index is 555. The van der Waals surface area contributed by atoms with Crippen LogP contribution in [0.15, 0.2) is 0 Å². The largest absolute Gasteiger partial charge is 0.480 e. The summed E-state index contributed by atoms with van der Waals surface area (Å²) in [6.45, 7) is 8.69. The van der Waals surface area contributed by atoms with E-state index in [1.807, 2.05) is 0 Å². The van der Waals surface area contributed by atoms with Crippen molar-refractivity contribution in [1.29, 1.82) is 0 Å². The van der Waals surface area contributed by atoms with Crippen LogP contribution in [-0.4, -0.2) is 73.9 Å². The molecule has 0 saturated carbocycles. The van der Waals surface area contributed by atoms with E-state index in [0.29, 0.717) is 19.4 Å². The van der Waals surface area contributed by atoms with Crippen molar-refractivity contribution in [3.63, 3.8) is 0 Å². The van der Waals surface area contributed by atoms with E-state index in [2.05, 4.69) is 0 Å². The highest BCUT2D eigenvalue weighted by Gasteiger charge is 2.67. The second kappa shape index (κ2) is 5.91. The fourth-order valence-electron chi connectivity index (χ4n) is 3.74. The molecule has 24 heavy (non-hydrogen) atoms. The molecule has 0 bridgehead atoms. The van der Waals surface area contributed by atoms with Gasteiger partial charge in [0.1, 0.15) is 11.1 Å². The zero-order valence-electron chi connectivity index (χ0n) is 14.8. The number of hydrogen-bond donors (Lipinski definition) is 2. The summed E-state index contributed by atoms with van der Waals surface area (Å²) >= 11 is 0. The van der Waals surface area contributed by atoms with E-state index in [9.17, 15) is 24.6 Å². The number of aliphatic carboxylic acids is 1. The van der Waals surface area contributed by atoms with Gasteiger partial charge in [0.15, 0.2) is 6.04 Å². The van der Waals surface area contributed by atoms with Gasteiger partial charge >= 0.3 is 12.1 Å². The number of carbonyl (C=O) groups is 3. The minimum Gasteiger partial charge on any atom is -0.480 e. The Labute approximate surface area is 141 Å². The van der Waals surface area contributed by atoms with Gasteiger partial charge in [-0.2, -0.15) is 0 Å². The van der Waals surface area contributed by atoms with E-state index in [4.69, 9.17) is 4.74 Å². The molecule has 2 amide bonds. The first kappa shape index (κ1) is 18.5. The summed E-state index contributed by atoms with van der Waals surface area (Å²) < 4.78 is 5.39. The highest BCUT2D eigenvalue weighted by atomic mass is 16.6. The van der Waals surface area contributed by atoms with E-state index in [1.165, 1.54) is 11.8 Å². The molecule has 4 atom stereocenters. The van der Waals surface area contributed by atoms with Gasteiger partial charge in [0.25, 0.3) is 5.91 Å². The maximum absolute atomic E-state index is 12.8. The van der Waals surface area contributed by atoms with Gasteiger partial charge in [-0.05, 0) is 47.5 Å². The first-order valence-corrected chi connectivity index (χ1v) is 8.17. The van der Waals surface area contributed by atoms with Crippen LogP contribution < -0.4 is 0 Å².